The summed E-state index contributed by atoms with van der Waals surface area (Å²) in [7, 11) is 3.50. The number of aromatic nitrogens is 1. The SMILES string of the molecule is CCc1cnc(CCNC(=NC)NCc2cccc(COC)c2)s1. The van der Waals surface area contributed by atoms with Crippen molar-refractivity contribution in [2.24, 2.45) is 4.99 Å². The van der Waals surface area contributed by atoms with E-state index in [2.05, 4.69) is 51.8 Å². The molecule has 130 valence electrons. The first-order valence-corrected chi connectivity index (χ1v) is 9.01. The molecule has 0 aliphatic rings. The summed E-state index contributed by atoms with van der Waals surface area (Å²) >= 11 is 1.79. The third-order valence-corrected chi connectivity index (χ3v) is 4.77. The molecule has 0 atom stereocenters. The summed E-state index contributed by atoms with van der Waals surface area (Å²) in [6.07, 6.45) is 3.94. The van der Waals surface area contributed by atoms with E-state index in [1.165, 1.54) is 21.0 Å². The summed E-state index contributed by atoms with van der Waals surface area (Å²) in [5, 5.41) is 7.84. The van der Waals surface area contributed by atoms with Gasteiger partial charge in [0, 0.05) is 44.7 Å². The molecule has 0 amide bonds. The Morgan fingerprint density at radius 1 is 1.29 bits per heavy atom. The highest BCUT2D eigenvalue weighted by molar-refractivity contribution is 7.11. The molecule has 6 heteroatoms. The molecule has 1 aromatic heterocycles. The van der Waals surface area contributed by atoms with Gasteiger partial charge in [-0.15, -0.1) is 11.3 Å². The molecule has 0 spiro atoms. The summed E-state index contributed by atoms with van der Waals surface area (Å²) in [4.78, 5) is 10.0. The molecule has 24 heavy (non-hydrogen) atoms. The minimum absolute atomic E-state index is 0.633. The monoisotopic (exact) mass is 346 g/mol. The average Bonchev–Trinajstić information content (AvgIpc) is 3.06. The van der Waals surface area contributed by atoms with Gasteiger partial charge in [-0.1, -0.05) is 31.2 Å². The third kappa shape index (κ3) is 5.94. The summed E-state index contributed by atoms with van der Waals surface area (Å²) < 4.78 is 5.17. The molecule has 0 aliphatic heterocycles. The number of hydrogen-bond acceptors (Lipinski definition) is 4. The number of aryl methyl sites for hydroxylation is 1. The Kier molecular flexibility index (Phi) is 7.71. The second-order valence-corrected chi connectivity index (χ2v) is 6.63. The van der Waals surface area contributed by atoms with E-state index in [9.17, 15) is 0 Å². The molecule has 0 aliphatic carbocycles. The summed E-state index contributed by atoms with van der Waals surface area (Å²) in [6, 6.07) is 8.36. The highest BCUT2D eigenvalue weighted by atomic mass is 32.1. The number of ether oxygens (including phenoxy) is 1. The predicted octanol–water partition coefficient (Wildman–Crippen LogP) is 2.76. The first-order chi connectivity index (χ1) is 11.7. The number of aliphatic imine (C=N–C) groups is 1. The van der Waals surface area contributed by atoms with Gasteiger partial charge in [0.15, 0.2) is 5.96 Å². The highest BCUT2D eigenvalue weighted by Gasteiger charge is 2.03. The lowest BCUT2D eigenvalue weighted by molar-refractivity contribution is 0.185. The number of nitrogens with one attached hydrogen (secondary N) is 2. The topological polar surface area (TPSA) is 58.5 Å². The van der Waals surface area contributed by atoms with E-state index in [4.69, 9.17) is 4.74 Å². The van der Waals surface area contributed by atoms with E-state index in [0.29, 0.717) is 6.61 Å². The Bertz CT molecular complexity index is 654. The Balaban J connectivity index is 1.76. The van der Waals surface area contributed by atoms with Crippen LogP contribution in [0, 0.1) is 0 Å². The van der Waals surface area contributed by atoms with Crippen molar-refractivity contribution in [1.29, 1.82) is 0 Å². The van der Waals surface area contributed by atoms with E-state index in [0.717, 1.165) is 31.9 Å². The molecular formula is C18H26N4OS. The number of nitrogens with zero attached hydrogens (tertiary/aromatic N) is 2. The van der Waals surface area contributed by atoms with Crippen molar-refractivity contribution < 1.29 is 4.74 Å². The third-order valence-electron chi connectivity index (χ3n) is 3.57. The van der Waals surface area contributed by atoms with Crippen LogP contribution in [0.4, 0.5) is 0 Å². The zero-order valence-corrected chi connectivity index (χ0v) is 15.4. The molecule has 0 radical (unpaired) electrons. The maximum Gasteiger partial charge on any atom is 0.191 e. The van der Waals surface area contributed by atoms with Crippen LogP contribution in [0.3, 0.4) is 0 Å². The van der Waals surface area contributed by atoms with Crippen LogP contribution in [0.15, 0.2) is 35.5 Å². The Hall–Kier alpha value is -1.92. The van der Waals surface area contributed by atoms with Crippen molar-refractivity contribution in [1.82, 2.24) is 15.6 Å². The number of guanidine groups is 1. The fourth-order valence-corrected chi connectivity index (χ4v) is 3.18. The quantitative estimate of drug-likeness (QED) is 0.570. The molecule has 0 bridgehead atoms. The average molecular weight is 347 g/mol. The van der Waals surface area contributed by atoms with Crippen molar-refractivity contribution >= 4 is 17.3 Å². The Labute approximate surface area is 148 Å². The fourth-order valence-electron chi connectivity index (χ4n) is 2.32. The van der Waals surface area contributed by atoms with Crippen molar-refractivity contribution in [3.05, 3.63) is 51.5 Å². The lowest BCUT2D eigenvalue weighted by Crippen LogP contribution is -2.37. The van der Waals surface area contributed by atoms with Crippen LogP contribution in [-0.4, -0.2) is 31.6 Å². The number of benzene rings is 1. The first kappa shape index (κ1) is 18.4. The molecular weight excluding hydrogens is 320 g/mol. The smallest absolute Gasteiger partial charge is 0.191 e. The van der Waals surface area contributed by atoms with E-state index >= 15 is 0 Å². The Morgan fingerprint density at radius 3 is 2.83 bits per heavy atom. The van der Waals surface area contributed by atoms with Gasteiger partial charge < -0.3 is 15.4 Å². The largest absolute Gasteiger partial charge is 0.380 e. The molecule has 1 aromatic carbocycles. The van der Waals surface area contributed by atoms with Crippen molar-refractivity contribution in [3.63, 3.8) is 0 Å². The van der Waals surface area contributed by atoms with Gasteiger partial charge in [-0.3, -0.25) is 4.99 Å². The standard InChI is InChI=1S/C18H26N4OS/c1-4-16-12-21-17(24-16)8-9-20-18(19-2)22-11-14-6-5-7-15(10-14)13-23-3/h5-7,10,12H,4,8-9,11,13H2,1-3H3,(H2,19,20,22). The van der Waals surface area contributed by atoms with Crippen LogP contribution in [-0.2, 0) is 30.7 Å². The zero-order chi connectivity index (χ0) is 17.2. The molecule has 2 N–H and O–H groups in total. The summed E-state index contributed by atoms with van der Waals surface area (Å²) in [5.74, 6) is 0.805. The van der Waals surface area contributed by atoms with Gasteiger partial charge in [0.2, 0.25) is 0 Å². The van der Waals surface area contributed by atoms with E-state index < -0.39 is 0 Å². The minimum Gasteiger partial charge on any atom is -0.380 e. The van der Waals surface area contributed by atoms with Gasteiger partial charge in [-0.05, 0) is 17.5 Å². The van der Waals surface area contributed by atoms with Crippen LogP contribution in [0.25, 0.3) is 0 Å². The van der Waals surface area contributed by atoms with Crippen LogP contribution in [0.5, 0.6) is 0 Å². The molecule has 0 fully saturated rings. The molecule has 0 saturated carbocycles. The first-order valence-electron chi connectivity index (χ1n) is 8.20. The number of rotatable bonds is 8. The zero-order valence-electron chi connectivity index (χ0n) is 14.6. The molecule has 0 unspecified atom stereocenters. The van der Waals surface area contributed by atoms with Gasteiger partial charge in [-0.25, -0.2) is 4.98 Å². The predicted molar refractivity (Wildman–Crippen MR) is 101 cm³/mol. The van der Waals surface area contributed by atoms with Crippen molar-refractivity contribution in [2.75, 3.05) is 20.7 Å². The van der Waals surface area contributed by atoms with Gasteiger partial charge in [-0.2, -0.15) is 0 Å². The van der Waals surface area contributed by atoms with Crippen molar-refractivity contribution in [2.45, 2.75) is 32.9 Å². The second-order valence-electron chi connectivity index (χ2n) is 5.43. The van der Waals surface area contributed by atoms with Crippen molar-refractivity contribution in [3.8, 4) is 0 Å². The van der Waals surface area contributed by atoms with Gasteiger partial charge in [0.25, 0.3) is 0 Å². The fraction of sp³-hybridized carbons (Fsp3) is 0.444. The lowest BCUT2D eigenvalue weighted by Gasteiger charge is -2.12. The molecule has 5 nitrogen and oxygen atoms in total. The highest BCUT2D eigenvalue weighted by Crippen LogP contribution is 2.13. The molecule has 2 aromatic rings. The van der Waals surface area contributed by atoms with Crippen LogP contribution in [0.2, 0.25) is 0 Å². The van der Waals surface area contributed by atoms with E-state index in [-0.39, 0.29) is 0 Å². The van der Waals surface area contributed by atoms with Gasteiger partial charge >= 0.3 is 0 Å². The van der Waals surface area contributed by atoms with Gasteiger partial charge in [0.1, 0.15) is 0 Å². The maximum absolute atomic E-state index is 5.17. The molecule has 2 rings (SSSR count). The second kappa shape index (κ2) is 10.1. The molecule has 0 saturated heterocycles. The number of thiazole rings is 1. The number of hydrogen-bond donors (Lipinski definition) is 2. The van der Waals surface area contributed by atoms with E-state index in [1.807, 2.05) is 6.20 Å². The number of methoxy groups -OCH3 is 1. The van der Waals surface area contributed by atoms with Crippen LogP contribution >= 0.6 is 11.3 Å². The normalized spacial score (nSPS) is 11.5. The van der Waals surface area contributed by atoms with Crippen LogP contribution in [0.1, 0.15) is 27.9 Å². The maximum atomic E-state index is 5.17. The summed E-state index contributed by atoms with van der Waals surface area (Å²) in [5.41, 5.74) is 2.38. The minimum atomic E-state index is 0.633. The summed E-state index contributed by atoms with van der Waals surface area (Å²) in [6.45, 7) is 4.34. The van der Waals surface area contributed by atoms with E-state index in [1.54, 1.807) is 25.5 Å². The Morgan fingerprint density at radius 2 is 2.12 bits per heavy atom. The van der Waals surface area contributed by atoms with Crippen LogP contribution < -0.4 is 10.6 Å². The molecule has 1 heterocycles. The van der Waals surface area contributed by atoms with Gasteiger partial charge in [0.05, 0.1) is 11.6 Å². The lowest BCUT2D eigenvalue weighted by atomic mass is 10.1.